The van der Waals surface area contributed by atoms with Crippen LogP contribution in [-0.2, 0) is 9.59 Å². The van der Waals surface area contributed by atoms with E-state index < -0.39 is 22.8 Å². The van der Waals surface area contributed by atoms with Crippen LogP contribution in [0.1, 0.15) is 34.6 Å². The van der Waals surface area contributed by atoms with Crippen molar-refractivity contribution >= 4 is 11.7 Å². The topological polar surface area (TPSA) is 66.4 Å². The van der Waals surface area contributed by atoms with E-state index in [9.17, 15) is 14.7 Å². The van der Waals surface area contributed by atoms with E-state index in [0.29, 0.717) is 0 Å². The second-order valence-corrected chi connectivity index (χ2v) is 4.33. The molecule has 0 saturated carbocycles. The number of Topliss-reactive ketones (excluding diaryl/α,β-unsaturated/α-hetero) is 1. The highest BCUT2D eigenvalue weighted by Crippen LogP contribution is 2.08. The van der Waals surface area contributed by atoms with E-state index in [1.807, 2.05) is 0 Å². The number of ketones is 1. The van der Waals surface area contributed by atoms with E-state index in [4.69, 9.17) is 0 Å². The van der Waals surface area contributed by atoms with E-state index in [1.54, 1.807) is 20.8 Å². The molecule has 0 aromatic carbocycles. The molecule has 1 amide bonds. The van der Waals surface area contributed by atoms with Crippen molar-refractivity contribution in [3.8, 4) is 0 Å². The van der Waals surface area contributed by atoms with Crippen LogP contribution in [0.4, 0.5) is 0 Å². The predicted molar refractivity (Wildman–Crippen MR) is 49.2 cm³/mol. The Bertz CT molecular complexity index is 226. The maximum atomic E-state index is 11.3. The Morgan fingerprint density at radius 3 is 1.77 bits per heavy atom. The highest BCUT2D eigenvalue weighted by atomic mass is 16.3. The van der Waals surface area contributed by atoms with Crippen molar-refractivity contribution in [2.45, 2.75) is 45.8 Å². The molecule has 0 fully saturated rings. The highest BCUT2D eigenvalue weighted by Gasteiger charge is 2.37. The minimum atomic E-state index is -1.92. The zero-order valence-corrected chi connectivity index (χ0v) is 8.76. The van der Waals surface area contributed by atoms with Gasteiger partial charge in [0.25, 0.3) is 5.91 Å². The molecule has 0 radical (unpaired) electrons. The summed E-state index contributed by atoms with van der Waals surface area (Å²) >= 11 is 0. The van der Waals surface area contributed by atoms with Gasteiger partial charge in [0.2, 0.25) is 0 Å². The Hall–Kier alpha value is -0.900. The average Bonchev–Trinajstić information content (AvgIpc) is 1.82. The van der Waals surface area contributed by atoms with E-state index in [1.165, 1.54) is 13.8 Å². The SMILES string of the molecule is CC(=O)C(C)(O)C(=O)NC(C)(C)C. The van der Waals surface area contributed by atoms with Gasteiger partial charge in [0.05, 0.1) is 0 Å². The summed E-state index contributed by atoms with van der Waals surface area (Å²) in [5.41, 5.74) is -2.37. The smallest absolute Gasteiger partial charge is 0.259 e. The number of amides is 1. The van der Waals surface area contributed by atoms with Crippen LogP contribution >= 0.6 is 0 Å². The van der Waals surface area contributed by atoms with Gasteiger partial charge >= 0.3 is 0 Å². The number of hydrogen-bond donors (Lipinski definition) is 2. The van der Waals surface area contributed by atoms with E-state index in [-0.39, 0.29) is 0 Å². The molecule has 4 heteroatoms. The monoisotopic (exact) mass is 187 g/mol. The first-order valence-corrected chi connectivity index (χ1v) is 4.13. The molecule has 0 saturated heterocycles. The standard InChI is InChI=1S/C9H17NO3/c1-6(11)9(5,13)7(12)10-8(2,3)4/h13H,1-5H3,(H,10,12). The zero-order chi connectivity index (χ0) is 10.9. The molecule has 0 spiro atoms. The lowest BCUT2D eigenvalue weighted by molar-refractivity contribution is -0.150. The van der Waals surface area contributed by atoms with Crippen LogP contribution in [0.25, 0.3) is 0 Å². The van der Waals surface area contributed by atoms with Crippen molar-refractivity contribution in [3.63, 3.8) is 0 Å². The molecule has 76 valence electrons. The zero-order valence-electron chi connectivity index (χ0n) is 8.76. The van der Waals surface area contributed by atoms with Gasteiger partial charge in [-0.1, -0.05) is 0 Å². The van der Waals surface area contributed by atoms with E-state index >= 15 is 0 Å². The van der Waals surface area contributed by atoms with Gasteiger partial charge in [-0.15, -0.1) is 0 Å². The molecule has 0 aliphatic heterocycles. The van der Waals surface area contributed by atoms with Gasteiger partial charge in [0.1, 0.15) is 0 Å². The molecule has 1 unspecified atom stereocenters. The molecule has 2 N–H and O–H groups in total. The van der Waals surface area contributed by atoms with Crippen molar-refractivity contribution in [1.82, 2.24) is 5.32 Å². The molecule has 0 bridgehead atoms. The number of carbonyl (C=O) groups is 2. The number of carbonyl (C=O) groups excluding carboxylic acids is 2. The van der Waals surface area contributed by atoms with Gasteiger partial charge in [-0.25, -0.2) is 0 Å². The molecule has 13 heavy (non-hydrogen) atoms. The molecule has 0 aliphatic carbocycles. The number of nitrogens with one attached hydrogen (secondary N) is 1. The summed E-state index contributed by atoms with van der Waals surface area (Å²) in [5.74, 6) is -1.22. The third-order valence-electron chi connectivity index (χ3n) is 1.62. The van der Waals surface area contributed by atoms with E-state index in [0.717, 1.165) is 0 Å². The van der Waals surface area contributed by atoms with Crippen molar-refractivity contribution in [3.05, 3.63) is 0 Å². The van der Waals surface area contributed by atoms with Crippen LogP contribution in [0.2, 0.25) is 0 Å². The van der Waals surface area contributed by atoms with Gasteiger partial charge in [0.15, 0.2) is 11.4 Å². The van der Waals surface area contributed by atoms with Crippen molar-refractivity contribution in [1.29, 1.82) is 0 Å². The van der Waals surface area contributed by atoms with Crippen LogP contribution < -0.4 is 5.32 Å². The fraction of sp³-hybridized carbons (Fsp3) is 0.778. The quantitative estimate of drug-likeness (QED) is 0.609. The third-order valence-corrected chi connectivity index (χ3v) is 1.62. The summed E-state index contributed by atoms with van der Waals surface area (Å²) in [6, 6.07) is 0. The predicted octanol–water partition coefficient (Wildman–Crippen LogP) is 0.241. The minimum absolute atomic E-state index is 0.448. The Balaban J connectivity index is 4.53. The molecule has 1 atom stereocenters. The molecule has 0 aromatic rings. The second kappa shape index (κ2) is 3.46. The van der Waals surface area contributed by atoms with Crippen LogP contribution in [0, 0.1) is 0 Å². The first kappa shape index (κ1) is 12.1. The summed E-state index contributed by atoms with van der Waals surface area (Å²) in [6.07, 6.45) is 0. The summed E-state index contributed by atoms with van der Waals surface area (Å²) < 4.78 is 0. The molecule has 4 nitrogen and oxygen atoms in total. The highest BCUT2D eigenvalue weighted by molar-refractivity contribution is 6.07. The fourth-order valence-electron chi connectivity index (χ4n) is 0.622. The van der Waals surface area contributed by atoms with Crippen molar-refractivity contribution in [2.24, 2.45) is 0 Å². The van der Waals surface area contributed by atoms with Crippen molar-refractivity contribution < 1.29 is 14.7 Å². The number of rotatable bonds is 2. The largest absolute Gasteiger partial charge is 0.373 e. The lowest BCUT2D eigenvalue weighted by Crippen LogP contribution is -2.54. The normalized spacial score (nSPS) is 16.2. The molecule has 0 aromatic heterocycles. The summed E-state index contributed by atoms with van der Waals surface area (Å²) in [6.45, 7) is 7.71. The minimum Gasteiger partial charge on any atom is -0.373 e. The van der Waals surface area contributed by atoms with Crippen LogP contribution in [0.3, 0.4) is 0 Å². The maximum Gasteiger partial charge on any atom is 0.259 e. The molecule has 0 heterocycles. The average molecular weight is 187 g/mol. The summed E-state index contributed by atoms with van der Waals surface area (Å²) in [4.78, 5) is 22.2. The van der Waals surface area contributed by atoms with Gasteiger partial charge in [0, 0.05) is 5.54 Å². The maximum absolute atomic E-state index is 11.3. The molecular formula is C9H17NO3. The first-order chi connectivity index (χ1) is 5.57. The Kier molecular flexibility index (Phi) is 3.22. The molecular weight excluding hydrogens is 170 g/mol. The van der Waals surface area contributed by atoms with Crippen molar-refractivity contribution in [2.75, 3.05) is 0 Å². The van der Waals surface area contributed by atoms with Gasteiger partial charge in [-0.3, -0.25) is 9.59 Å². The Morgan fingerprint density at radius 2 is 1.54 bits per heavy atom. The third kappa shape index (κ3) is 3.55. The van der Waals surface area contributed by atoms with Gasteiger partial charge in [-0.05, 0) is 34.6 Å². The lowest BCUT2D eigenvalue weighted by Gasteiger charge is -2.26. The Labute approximate surface area is 78.3 Å². The van der Waals surface area contributed by atoms with Crippen LogP contribution in [0.5, 0.6) is 0 Å². The van der Waals surface area contributed by atoms with Crippen LogP contribution in [0.15, 0.2) is 0 Å². The first-order valence-electron chi connectivity index (χ1n) is 4.13. The fourth-order valence-corrected chi connectivity index (χ4v) is 0.622. The Morgan fingerprint density at radius 1 is 1.15 bits per heavy atom. The second-order valence-electron chi connectivity index (χ2n) is 4.33. The van der Waals surface area contributed by atoms with Crippen LogP contribution in [-0.4, -0.2) is 27.9 Å². The van der Waals surface area contributed by atoms with Gasteiger partial charge in [-0.2, -0.15) is 0 Å². The molecule has 0 rings (SSSR count). The molecule has 0 aliphatic rings. The number of aliphatic hydroxyl groups is 1. The lowest BCUT2D eigenvalue weighted by atomic mass is 9.99. The van der Waals surface area contributed by atoms with E-state index in [2.05, 4.69) is 5.32 Å². The number of hydrogen-bond acceptors (Lipinski definition) is 3. The summed E-state index contributed by atoms with van der Waals surface area (Å²) in [7, 11) is 0. The van der Waals surface area contributed by atoms with Gasteiger partial charge < -0.3 is 10.4 Å². The summed E-state index contributed by atoms with van der Waals surface area (Å²) in [5, 5.41) is 12.0.